The van der Waals surface area contributed by atoms with E-state index in [1.54, 1.807) is 36.4 Å². The Bertz CT molecular complexity index is 769. The number of rotatable bonds is 2. The lowest BCUT2D eigenvalue weighted by Crippen LogP contribution is -2.34. The van der Waals surface area contributed by atoms with Crippen LogP contribution in [0.25, 0.3) is 17.2 Å². The number of hydrogen-bond donors (Lipinski definition) is 0. The first-order chi connectivity index (χ1) is 10.9. The van der Waals surface area contributed by atoms with E-state index in [9.17, 15) is 13.2 Å². The predicted octanol–water partition coefficient (Wildman–Crippen LogP) is 5.35. The van der Waals surface area contributed by atoms with E-state index in [-0.39, 0.29) is 5.75 Å². The zero-order chi connectivity index (χ0) is 16.6. The number of benzene rings is 2. The Hall–Kier alpha value is -2.14. The first-order valence-corrected chi connectivity index (χ1v) is 7.16. The topological polar surface area (TPSA) is 18.5 Å². The van der Waals surface area contributed by atoms with Crippen molar-refractivity contribution < 1.29 is 22.6 Å². The summed E-state index contributed by atoms with van der Waals surface area (Å²) >= 11 is 6.09. The summed E-state index contributed by atoms with van der Waals surface area (Å²) in [5, 5.41) is 0.417. The Morgan fingerprint density at radius 2 is 1.96 bits per heavy atom. The largest absolute Gasteiger partial charge is 0.497 e. The van der Waals surface area contributed by atoms with Gasteiger partial charge in [0.15, 0.2) is 0 Å². The fourth-order valence-corrected chi connectivity index (χ4v) is 2.63. The summed E-state index contributed by atoms with van der Waals surface area (Å²) in [6.07, 6.45) is -4.08. The van der Waals surface area contributed by atoms with Gasteiger partial charge in [0.25, 0.3) is 0 Å². The van der Waals surface area contributed by atoms with Crippen LogP contribution in [0.1, 0.15) is 5.56 Å². The fourth-order valence-electron chi connectivity index (χ4n) is 2.41. The third kappa shape index (κ3) is 3.15. The maximum Gasteiger partial charge on any atom is 0.429 e. The van der Waals surface area contributed by atoms with Crippen molar-refractivity contribution in [1.82, 2.24) is 0 Å². The van der Waals surface area contributed by atoms with Gasteiger partial charge in [0.1, 0.15) is 11.5 Å². The van der Waals surface area contributed by atoms with Gasteiger partial charge >= 0.3 is 6.18 Å². The van der Waals surface area contributed by atoms with Crippen molar-refractivity contribution in [3.05, 3.63) is 53.1 Å². The van der Waals surface area contributed by atoms with Crippen LogP contribution in [0.15, 0.2) is 42.5 Å². The van der Waals surface area contributed by atoms with Crippen molar-refractivity contribution in [2.24, 2.45) is 0 Å². The molecule has 0 N–H and O–H groups in total. The van der Waals surface area contributed by atoms with E-state index in [1.807, 2.05) is 0 Å². The third-order valence-corrected chi connectivity index (χ3v) is 3.70. The SMILES string of the molecule is COc1cccc(-c2cc(Cl)cc3c2OC(C(F)(F)F)C=C3)c1. The van der Waals surface area contributed by atoms with E-state index in [0.717, 1.165) is 6.08 Å². The average molecular weight is 341 g/mol. The van der Waals surface area contributed by atoms with Gasteiger partial charge in [-0.25, -0.2) is 0 Å². The second-order valence-corrected chi connectivity index (χ2v) is 5.48. The normalized spacial score (nSPS) is 16.7. The Kier molecular flexibility index (Phi) is 3.98. The van der Waals surface area contributed by atoms with Gasteiger partial charge in [0, 0.05) is 16.1 Å². The van der Waals surface area contributed by atoms with Crippen LogP contribution < -0.4 is 9.47 Å². The number of ether oxygens (including phenoxy) is 2. The second kappa shape index (κ2) is 5.81. The molecular weight excluding hydrogens is 329 g/mol. The molecule has 2 nitrogen and oxygen atoms in total. The lowest BCUT2D eigenvalue weighted by molar-refractivity contribution is -0.180. The molecule has 0 aliphatic carbocycles. The highest BCUT2D eigenvalue weighted by Gasteiger charge is 2.42. The molecule has 3 rings (SSSR count). The van der Waals surface area contributed by atoms with Crippen molar-refractivity contribution in [2.75, 3.05) is 7.11 Å². The van der Waals surface area contributed by atoms with Crippen molar-refractivity contribution in [1.29, 1.82) is 0 Å². The molecule has 0 fully saturated rings. The minimum Gasteiger partial charge on any atom is -0.497 e. The van der Waals surface area contributed by atoms with Crippen molar-refractivity contribution in [3.63, 3.8) is 0 Å². The summed E-state index contributed by atoms with van der Waals surface area (Å²) in [6.45, 7) is 0. The molecule has 0 bridgehead atoms. The van der Waals surface area contributed by atoms with Crippen molar-refractivity contribution >= 4 is 17.7 Å². The van der Waals surface area contributed by atoms with Crippen molar-refractivity contribution in [2.45, 2.75) is 12.3 Å². The molecule has 0 radical (unpaired) electrons. The minimum atomic E-state index is -4.47. The Labute approximate surface area is 136 Å². The molecule has 1 heterocycles. The van der Waals surface area contributed by atoms with Crippen LogP contribution in [-0.4, -0.2) is 19.4 Å². The second-order valence-electron chi connectivity index (χ2n) is 5.04. The smallest absolute Gasteiger partial charge is 0.429 e. The highest BCUT2D eigenvalue weighted by atomic mass is 35.5. The van der Waals surface area contributed by atoms with E-state index in [2.05, 4.69) is 0 Å². The van der Waals surface area contributed by atoms with Crippen LogP contribution >= 0.6 is 11.6 Å². The molecule has 0 spiro atoms. The van der Waals surface area contributed by atoms with Gasteiger partial charge in [-0.3, -0.25) is 0 Å². The molecule has 0 saturated carbocycles. The van der Waals surface area contributed by atoms with E-state index < -0.39 is 12.3 Å². The van der Waals surface area contributed by atoms with Gasteiger partial charge in [-0.2, -0.15) is 13.2 Å². The Balaban J connectivity index is 2.12. The van der Waals surface area contributed by atoms with Gasteiger partial charge < -0.3 is 9.47 Å². The molecule has 23 heavy (non-hydrogen) atoms. The summed E-state index contributed by atoms with van der Waals surface area (Å²) in [5.41, 5.74) is 1.67. The van der Waals surface area contributed by atoms with Crippen LogP contribution in [0.2, 0.25) is 5.02 Å². The zero-order valence-corrected chi connectivity index (χ0v) is 12.8. The molecule has 0 amide bonds. The number of hydrogen-bond acceptors (Lipinski definition) is 2. The van der Waals surface area contributed by atoms with E-state index in [0.29, 0.717) is 27.5 Å². The molecule has 1 unspecified atom stereocenters. The maximum absolute atomic E-state index is 12.9. The predicted molar refractivity (Wildman–Crippen MR) is 82.9 cm³/mol. The quantitative estimate of drug-likeness (QED) is 0.733. The third-order valence-electron chi connectivity index (χ3n) is 3.48. The summed E-state index contributed by atoms with van der Waals surface area (Å²) in [5.74, 6) is 0.752. The monoisotopic (exact) mass is 340 g/mol. The van der Waals surface area contributed by atoms with Crippen LogP contribution in [0, 0.1) is 0 Å². The maximum atomic E-state index is 12.9. The first-order valence-electron chi connectivity index (χ1n) is 6.78. The van der Waals surface area contributed by atoms with E-state index in [4.69, 9.17) is 21.1 Å². The molecule has 2 aromatic carbocycles. The minimum absolute atomic E-state index is 0.160. The molecule has 1 atom stereocenters. The summed E-state index contributed by atoms with van der Waals surface area (Å²) in [4.78, 5) is 0. The highest BCUT2D eigenvalue weighted by molar-refractivity contribution is 6.31. The van der Waals surface area contributed by atoms with Gasteiger partial charge in [-0.1, -0.05) is 29.8 Å². The number of halogens is 4. The fraction of sp³-hybridized carbons (Fsp3) is 0.176. The Morgan fingerprint density at radius 1 is 1.17 bits per heavy atom. The van der Waals surface area contributed by atoms with Crippen LogP contribution in [0.4, 0.5) is 13.2 Å². The molecule has 120 valence electrons. The summed E-state index contributed by atoms with van der Waals surface area (Å²) in [6, 6.07) is 10.1. The standard InChI is InChI=1S/C17H12ClF3O2/c1-22-13-4-2-3-10(8-13)14-9-12(18)7-11-5-6-15(17(19,20)21)23-16(11)14/h2-9,15H,1H3. The number of alkyl halides is 3. The van der Waals surface area contributed by atoms with E-state index >= 15 is 0 Å². The number of methoxy groups -OCH3 is 1. The van der Waals surface area contributed by atoms with Crippen LogP contribution in [0.3, 0.4) is 0 Å². The van der Waals surface area contributed by atoms with Crippen molar-refractivity contribution in [3.8, 4) is 22.6 Å². The molecule has 0 aromatic heterocycles. The summed E-state index contributed by atoms with van der Waals surface area (Å²) < 4.78 is 49.2. The lowest BCUT2D eigenvalue weighted by atomic mass is 9.99. The molecule has 6 heteroatoms. The molecule has 2 aromatic rings. The summed E-state index contributed by atoms with van der Waals surface area (Å²) in [7, 11) is 1.52. The van der Waals surface area contributed by atoms with Gasteiger partial charge in [-0.15, -0.1) is 0 Å². The Morgan fingerprint density at radius 3 is 2.65 bits per heavy atom. The first kappa shape index (κ1) is 15.7. The molecule has 1 aliphatic rings. The van der Waals surface area contributed by atoms with Gasteiger partial charge in [0.2, 0.25) is 6.10 Å². The van der Waals surface area contributed by atoms with Gasteiger partial charge in [-0.05, 0) is 35.9 Å². The van der Waals surface area contributed by atoms with Gasteiger partial charge in [0.05, 0.1) is 7.11 Å². The molecule has 0 saturated heterocycles. The van der Waals surface area contributed by atoms with Crippen LogP contribution in [0.5, 0.6) is 11.5 Å². The number of fused-ring (bicyclic) bond motifs is 1. The molecule has 1 aliphatic heterocycles. The average Bonchev–Trinajstić information content (AvgIpc) is 2.52. The highest BCUT2D eigenvalue weighted by Crippen LogP contribution is 2.42. The van der Waals surface area contributed by atoms with Crippen LogP contribution in [-0.2, 0) is 0 Å². The molecular formula is C17H12ClF3O2. The van der Waals surface area contributed by atoms with E-state index in [1.165, 1.54) is 13.2 Å². The lowest BCUT2D eigenvalue weighted by Gasteiger charge is -2.25. The zero-order valence-electron chi connectivity index (χ0n) is 12.0.